The molecule has 1 aromatic rings. The first-order chi connectivity index (χ1) is 13.4. The number of hydrogen-bond donors (Lipinski definition) is 2. The van der Waals surface area contributed by atoms with Crippen molar-refractivity contribution in [2.24, 2.45) is 4.99 Å². The smallest absolute Gasteiger partial charge is 0.357 e. The van der Waals surface area contributed by atoms with E-state index in [2.05, 4.69) is 44.5 Å². The van der Waals surface area contributed by atoms with Crippen LogP contribution in [-0.4, -0.2) is 67.7 Å². The van der Waals surface area contributed by atoms with Crippen LogP contribution in [0.2, 0.25) is 0 Å². The van der Waals surface area contributed by atoms with E-state index in [-0.39, 0.29) is 6.54 Å². The number of aliphatic imine (C=N–C) groups is 1. The van der Waals surface area contributed by atoms with Gasteiger partial charge in [-0.25, -0.2) is 4.99 Å². The van der Waals surface area contributed by atoms with E-state index in [1.165, 1.54) is 5.56 Å². The Kier molecular flexibility index (Phi) is 9.05. The lowest BCUT2D eigenvalue weighted by Crippen LogP contribution is -2.45. The molecule has 1 saturated heterocycles. The minimum Gasteiger partial charge on any atom is -0.357 e. The highest BCUT2D eigenvalue weighted by Crippen LogP contribution is 2.18. The molecule has 1 heterocycles. The van der Waals surface area contributed by atoms with Gasteiger partial charge in [-0.3, -0.25) is 4.90 Å². The standard InChI is InChI=1S/C20H32F3N5/c1-3-24-19(25-10-9-20(21,22)23)26-15-17-5-7-18(8-6-17)16-28-13-11-27(4-2)12-14-28/h5-8H,3-4,9-16H2,1-2H3,(H2,24,25,26). The molecule has 2 N–H and O–H groups in total. The maximum atomic E-state index is 12.3. The van der Waals surface area contributed by atoms with E-state index in [0.29, 0.717) is 19.0 Å². The minimum atomic E-state index is -4.16. The SMILES string of the molecule is CCNC(=NCc1ccc(CN2CCN(CC)CC2)cc1)NCCC(F)(F)F. The third kappa shape index (κ3) is 8.48. The second kappa shape index (κ2) is 11.3. The molecule has 1 fully saturated rings. The zero-order valence-electron chi connectivity index (χ0n) is 16.9. The summed E-state index contributed by atoms with van der Waals surface area (Å²) in [6.45, 7) is 11.4. The summed E-state index contributed by atoms with van der Waals surface area (Å²) in [6, 6.07) is 8.31. The number of alkyl halides is 3. The number of nitrogens with zero attached hydrogens (tertiary/aromatic N) is 3. The number of piperazine rings is 1. The van der Waals surface area contributed by atoms with E-state index in [4.69, 9.17) is 0 Å². The summed E-state index contributed by atoms with van der Waals surface area (Å²) in [4.78, 5) is 9.30. The van der Waals surface area contributed by atoms with E-state index in [9.17, 15) is 13.2 Å². The van der Waals surface area contributed by atoms with E-state index in [1.54, 1.807) is 0 Å². The van der Waals surface area contributed by atoms with Gasteiger partial charge in [-0.15, -0.1) is 0 Å². The Morgan fingerprint density at radius 2 is 1.57 bits per heavy atom. The van der Waals surface area contributed by atoms with Crippen molar-refractivity contribution in [1.29, 1.82) is 0 Å². The maximum absolute atomic E-state index is 12.3. The molecule has 28 heavy (non-hydrogen) atoms. The third-order valence-electron chi connectivity index (χ3n) is 4.81. The lowest BCUT2D eigenvalue weighted by atomic mass is 10.1. The summed E-state index contributed by atoms with van der Waals surface area (Å²) in [6.07, 6.45) is -5.04. The summed E-state index contributed by atoms with van der Waals surface area (Å²) >= 11 is 0. The number of hydrogen-bond acceptors (Lipinski definition) is 3. The summed E-state index contributed by atoms with van der Waals surface area (Å²) in [7, 11) is 0. The van der Waals surface area contributed by atoms with Crippen LogP contribution in [0.3, 0.4) is 0 Å². The van der Waals surface area contributed by atoms with Gasteiger partial charge in [-0.1, -0.05) is 31.2 Å². The Balaban J connectivity index is 1.81. The van der Waals surface area contributed by atoms with E-state index in [1.807, 2.05) is 19.1 Å². The van der Waals surface area contributed by atoms with Crippen LogP contribution in [0, 0.1) is 0 Å². The van der Waals surface area contributed by atoms with Gasteiger partial charge < -0.3 is 15.5 Å². The Hall–Kier alpha value is -1.80. The number of halogens is 3. The second-order valence-corrected chi connectivity index (χ2v) is 7.01. The average Bonchev–Trinajstić information content (AvgIpc) is 2.67. The predicted molar refractivity (Wildman–Crippen MR) is 107 cm³/mol. The highest BCUT2D eigenvalue weighted by molar-refractivity contribution is 5.79. The lowest BCUT2D eigenvalue weighted by molar-refractivity contribution is -0.132. The first-order valence-electron chi connectivity index (χ1n) is 10.0. The predicted octanol–water partition coefficient (Wildman–Crippen LogP) is 2.83. The lowest BCUT2D eigenvalue weighted by Gasteiger charge is -2.34. The van der Waals surface area contributed by atoms with Crippen LogP contribution in [0.4, 0.5) is 13.2 Å². The molecule has 0 bridgehead atoms. The van der Waals surface area contributed by atoms with E-state index in [0.717, 1.165) is 44.8 Å². The van der Waals surface area contributed by atoms with Crippen molar-refractivity contribution in [3.63, 3.8) is 0 Å². The molecule has 0 aromatic heterocycles. The van der Waals surface area contributed by atoms with Crippen molar-refractivity contribution < 1.29 is 13.2 Å². The Morgan fingerprint density at radius 3 is 2.14 bits per heavy atom. The first kappa shape index (κ1) is 22.5. The van der Waals surface area contributed by atoms with Gasteiger partial charge in [-0.05, 0) is 24.6 Å². The molecule has 0 aliphatic carbocycles. The van der Waals surface area contributed by atoms with Gasteiger partial charge >= 0.3 is 6.18 Å². The number of nitrogens with one attached hydrogen (secondary N) is 2. The molecule has 2 rings (SSSR count). The fraction of sp³-hybridized carbons (Fsp3) is 0.650. The molecular formula is C20H32F3N5. The largest absolute Gasteiger partial charge is 0.390 e. The summed E-state index contributed by atoms with van der Waals surface area (Å²) in [5.74, 6) is 0.407. The van der Waals surface area contributed by atoms with Crippen LogP contribution >= 0.6 is 0 Å². The van der Waals surface area contributed by atoms with Crippen LogP contribution < -0.4 is 10.6 Å². The van der Waals surface area contributed by atoms with Gasteiger partial charge in [0.15, 0.2) is 5.96 Å². The zero-order valence-corrected chi connectivity index (χ0v) is 16.9. The molecule has 1 aromatic carbocycles. The molecule has 8 heteroatoms. The second-order valence-electron chi connectivity index (χ2n) is 7.01. The molecule has 0 atom stereocenters. The number of benzene rings is 1. The third-order valence-corrected chi connectivity index (χ3v) is 4.81. The van der Waals surface area contributed by atoms with E-state index >= 15 is 0 Å². The Morgan fingerprint density at radius 1 is 0.964 bits per heavy atom. The van der Waals surface area contributed by atoms with Gasteiger partial charge in [0.25, 0.3) is 0 Å². The van der Waals surface area contributed by atoms with Gasteiger partial charge in [-0.2, -0.15) is 13.2 Å². The Bertz CT molecular complexity index is 593. The van der Waals surface area contributed by atoms with Crippen LogP contribution in [0.25, 0.3) is 0 Å². The normalized spacial score (nSPS) is 17.0. The van der Waals surface area contributed by atoms with Crippen molar-refractivity contribution in [2.45, 2.75) is 39.5 Å². The topological polar surface area (TPSA) is 42.9 Å². The Labute approximate surface area is 166 Å². The highest BCUT2D eigenvalue weighted by atomic mass is 19.4. The molecule has 0 amide bonds. The summed E-state index contributed by atoms with van der Waals surface area (Å²) in [5, 5.41) is 5.70. The van der Waals surface area contributed by atoms with E-state index < -0.39 is 12.6 Å². The average molecular weight is 400 g/mol. The van der Waals surface area contributed by atoms with Crippen LogP contribution in [0.5, 0.6) is 0 Å². The number of guanidine groups is 1. The van der Waals surface area contributed by atoms with Crippen molar-refractivity contribution in [3.8, 4) is 0 Å². The summed E-state index contributed by atoms with van der Waals surface area (Å²) in [5.41, 5.74) is 2.31. The monoisotopic (exact) mass is 399 g/mol. The number of likely N-dealkylation sites (N-methyl/N-ethyl adjacent to an activating group) is 1. The molecule has 0 saturated carbocycles. The molecule has 0 radical (unpaired) electrons. The van der Waals surface area contributed by atoms with Gasteiger partial charge in [0.05, 0.1) is 13.0 Å². The molecule has 1 aliphatic heterocycles. The van der Waals surface area contributed by atoms with Crippen molar-refractivity contribution in [1.82, 2.24) is 20.4 Å². The van der Waals surface area contributed by atoms with Gasteiger partial charge in [0, 0.05) is 45.8 Å². The van der Waals surface area contributed by atoms with Crippen LogP contribution in [-0.2, 0) is 13.1 Å². The maximum Gasteiger partial charge on any atom is 0.390 e. The fourth-order valence-electron chi connectivity index (χ4n) is 3.11. The van der Waals surface area contributed by atoms with Crippen LogP contribution in [0.1, 0.15) is 31.4 Å². The molecule has 0 spiro atoms. The van der Waals surface area contributed by atoms with Crippen molar-refractivity contribution in [2.75, 3.05) is 45.8 Å². The minimum absolute atomic E-state index is 0.181. The summed E-state index contributed by atoms with van der Waals surface area (Å²) < 4.78 is 36.8. The molecule has 5 nitrogen and oxygen atoms in total. The molecular weight excluding hydrogens is 367 g/mol. The molecule has 158 valence electrons. The molecule has 0 unspecified atom stereocenters. The van der Waals surface area contributed by atoms with Crippen LogP contribution in [0.15, 0.2) is 29.3 Å². The highest BCUT2D eigenvalue weighted by Gasteiger charge is 2.26. The zero-order chi connectivity index (χ0) is 20.4. The molecule has 1 aliphatic rings. The number of rotatable bonds is 8. The fourth-order valence-corrected chi connectivity index (χ4v) is 3.11. The van der Waals surface area contributed by atoms with Gasteiger partial charge in [0.2, 0.25) is 0 Å². The van der Waals surface area contributed by atoms with Crippen molar-refractivity contribution >= 4 is 5.96 Å². The van der Waals surface area contributed by atoms with Gasteiger partial charge in [0.1, 0.15) is 0 Å². The quantitative estimate of drug-likeness (QED) is 0.521. The first-order valence-corrected chi connectivity index (χ1v) is 10.0. The van der Waals surface area contributed by atoms with Crippen molar-refractivity contribution in [3.05, 3.63) is 35.4 Å².